The number of ether oxygens (including phenoxy) is 1. The van der Waals surface area contributed by atoms with E-state index in [0.29, 0.717) is 6.54 Å². The zero-order valence-electron chi connectivity index (χ0n) is 27.8. The van der Waals surface area contributed by atoms with Gasteiger partial charge in [0.05, 0.1) is 23.4 Å². The molecular weight excluding hydrogens is 551 g/mol. The Morgan fingerprint density at radius 3 is 2.14 bits per heavy atom. The van der Waals surface area contributed by atoms with E-state index in [4.69, 9.17) is 14.9 Å². The largest absolute Gasteiger partial charge is 0.375 e. The SMILES string of the molecule is CC.CC.CO[C@@H](Cn1cc2c(-c3nn(-c4ccc(P(C)(C)=O)cc4C)c(C)c3C(C)C)cccc2n1)c1ccccc1. The third-order valence-electron chi connectivity index (χ3n) is 7.43. The first-order chi connectivity index (χ1) is 20.6. The van der Waals surface area contributed by atoms with Gasteiger partial charge in [-0.1, -0.05) is 84.0 Å². The molecule has 7 heteroatoms. The van der Waals surface area contributed by atoms with E-state index in [-0.39, 0.29) is 12.0 Å². The number of hydrogen-bond acceptors (Lipinski definition) is 4. The molecule has 5 rings (SSSR count). The van der Waals surface area contributed by atoms with E-state index in [1.807, 2.05) is 86.8 Å². The van der Waals surface area contributed by atoms with E-state index in [9.17, 15) is 4.57 Å². The third-order valence-corrected chi connectivity index (χ3v) is 8.95. The van der Waals surface area contributed by atoms with Crippen molar-refractivity contribution < 1.29 is 9.30 Å². The molecule has 1 atom stereocenters. The monoisotopic (exact) mass is 600 g/mol. The van der Waals surface area contributed by atoms with Gasteiger partial charge in [-0.15, -0.1) is 0 Å². The Morgan fingerprint density at radius 2 is 1.56 bits per heavy atom. The molecule has 0 saturated carbocycles. The number of hydrogen-bond donors (Lipinski definition) is 0. The van der Waals surface area contributed by atoms with Gasteiger partial charge in [0, 0.05) is 40.8 Å². The average molecular weight is 601 g/mol. The lowest BCUT2D eigenvalue weighted by Gasteiger charge is -2.15. The molecule has 5 aromatic rings. The van der Waals surface area contributed by atoms with Gasteiger partial charge in [0.2, 0.25) is 0 Å². The van der Waals surface area contributed by atoms with Crippen LogP contribution in [-0.4, -0.2) is 40.0 Å². The molecule has 0 unspecified atom stereocenters. The fourth-order valence-corrected chi connectivity index (χ4v) is 6.34. The first-order valence-corrected chi connectivity index (χ1v) is 18.0. The maximum absolute atomic E-state index is 12.7. The first-order valence-electron chi connectivity index (χ1n) is 15.4. The first kappa shape index (κ1) is 34.0. The minimum Gasteiger partial charge on any atom is -0.375 e. The minimum absolute atomic E-state index is 0.0934. The second kappa shape index (κ2) is 14.8. The molecule has 0 N–H and O–H groups in total. The Morgan fingerprint density at radius 1 is 0.884 bits per heavy atom. The van der Waals surface area contributed by atoms with Gasteiger partial charge in [-0.2, -0.15) is 10.2 Å². The lowest BCUT2D eigenvalue weighted by molar-refractivity contribution is 0.0848. The van der Waals surface area contributed by atoms with Crippen LogP contribution in [0.4, 0.5) is 0 Å². The van der Waals surface area contributed by atoms with Crippen LogP contribution in [0.3, 0.4) is 0 Å². The van der Waals surface area contributed by atoms with E-state index in [2.05, 4.69) is 64.2 Å². The van der Waals surface area contributed by atoms with Crippen molar-refractivity contribution in [2.75, 3.05) is 20.4 Å². The van der Waals surface area contributed by atoms with Crippen molar-refractivity contribution in [3.63, 3.8) is 0 Å². The van der Waals surface area contributed by atoms with E-state index in [1.54, 1.807) is 7.11 Å². The number of rotatable bonds is 8. The van der Waals surface area contributed by atoms with Crippen LogP contribution in [0, 0.1) is 13.8 Å². The van der Waals surface area contributed by atoms with Crippen LogP contribution in [-0.2, 0) is 15.8 Å². The maximum atomic E-state index is 12.7. The highest BCUT2D eigenvalue weighted by molar-refractivity contribution is 7.70. The Balaban J connectivity index is 0.00000121. The summed E-state index contributed by atoms with van der Waals surface area (Å²) in [6.45, 7) is 20.9. The molecule has 0 spiro atoms. The van der Waals surface area contributed by atoms with Gasteiger partial charge in [0.25, 0.3) is 0 Å². The Hall–Kier alpha value is -3.47. The molecule has 0 saturated heterocycles. The normalized spacial score (nSPS) is 12.0. The Labute approximate surface area is 258 Å². The molecule has 6 nitrogen and oxygen atoms in total. The summed E-state index contributed by atoms with van der Waals surface area (Å²) < 4.78 is 22.5. The second-order valence-electron chi connectivity index (χ2n) is 11.0. The molecular formula is C36H49N4O2P. The summed E-state index contributed by atoms with van der Waals surface area (Å²) in [7, 11) is -0.601. The van der Waals surface area contributed by atoms with E-state index >= 15 is 0 Å². The summed E-state index contributed by atoms with van der Waals surface area (Å²) in [5.74, 6) is 0.279. The standard InChI is InChI=1S/C32H37N4O2P.2C2H6/c1-21(2)31-23(4)36(29-17-16-25(18-22(29)3)39(6,7)37)34-32(31)26-14-11-15-28-27(26)19-35(33-28)20-30(38-5)24-12-9-8-10-13-24;2*1-2/h8-19,21,30H,20H2,1-7H3;2*1-2H3/t30-;;/m0../s1. The van der Waals surface area contributed by atoms with Crippen molar-refractivity contribution in [3.8, 4) is 16.9 Å². The van der Waals surface area contributed by atoms with Gasteiger partial charge >= 0.3 is 0 Å². The fraction of sp³-hybridized carbons (Fsp3) is 0.389. The molecule has 2 aromatic heterocycles. The molecule has 230 valence electrons. The molecule has 0 aliphatic carbocycles. The van der Waals surface area contributed by atoms with Crippen molar-refractivity contribution in [2.45, 2.75) is 74.0 Å². The number of aromatic nitrogens is 4. The summed E-state index contributed by atoms with van der Waals surface area (Å²) in [5.41, 5.74) is 8.49. The van der Waals surface area contributed by atoms with Crippen LogP contribution < -0.4 is 5.30 Å². The molecule has 0 fully saturated rings. The molecule has 0 bridgehead atoms. The van der Waals surface area contributed by atoms with Crippen molar-refractivity contribution in [1.29, 1.82) is 0 Å². The predicted molar refractivity (Wildman–Crippen MR) is 184 cm³/mol. The van der Waals surface area contributed by atoms with E-state index < -0.39 is 7.14 Å². The topological polar surface area (TPSA) is 61.9 Å². The number of fused-ring (bicyclic) bond motifs is 1. The summed E-state index contributed by atoms with van der Waals surface area (Å²) in [6.07, 6.45) is 2.02. The third kappa shape index (κ3) is 7.37. The van der Waals surface area contributed by atoms with Gasteiger partial charge in [-0.3, -0.25) is 4.68 Å². The molecule has 0 aliphatic rings. The van der Waals surface area contributed by atoms with Gasteiger partial charge in [-0.25, -0.2) is 4.68 Å². The van der Waals surface area contributed by atoms with Crippen molar-refractivity contribution in [2.24, 2.45) is 0 Å². The van der Waals surface area contributed by atoms with Crippen LogP contribution in [0.5, 0.6) is 0 Å². The maximum Gasteiger partial charge on any atom is 0.109 e. The average Bonchev–Trinajstić information content (AvgIpc) is 3.58. The quantitative estimate of drug-likeness (QED) is 0.167. The smallest absolute Gasteiger partial charge is 0.109 e. The predicted octanol–water partition coefficient (Wildman–Crippen LogP) is 9.32. The van der Waals surface area contributed by atoms with Crippen LogP contribution >= 0.6 is 7.14 Å². The number of methoxy groups -OCH3 is 1. The molecule has 0 amide bonds. The van der Waals surface area contributed by atoms with Crippen LogP contribution in [0.15, 0.2) is 72.9 Å². The van der Waals surface area contributed by atoms with Gasteiger partial charge in [0.1, 0.15) is 13.2 Å². The molecule has 3 aromatic carbocycles. The molecule has 43 heavy (non-hydrogen) atoms. The lowest BCUT2D eigenvalue weighted by Crippen LogP contribution is -2.11. The zero-order chi connectivity index (χ0) is 31.9. The summed E-state index contributed by atoms with van der Waals surface area (Å²) in [5, 5.41) is 12.0. The molecule has 2 heterocycles. The molecule has 0 aliphatic heterocycles. The van der Waals surface area contributed by atoms with E-state index in [0.717, 1.165) is 50.0 Å². The summed E-state index contributed by atoms with van der Waals surface area (Å²) in [6, 6.07) is 22.5. The van der Waals surface area contributed by atoms with Crippen molar-refractivity contribution in [1.82, 2.24) is 19.6 Å². The molecule has 0 radical (unpaired) electrons. The summed E-state index contributed by atoms with van der Waals surface area (Å²) in [4.78, 5) is 0. The number of benzene rings is 3. The van der Waals surface area contributed by atoms with Gasteiger partial charge in [-0.05, 0) is 68.5 Å². The second-order valence-corrected chi connectivity index (χ2v) is 14.2. The van der Waals surface area contributed by atoms with E-state index in [1.165, 1.54) is 5.56 Å². The van der Waals surface area contributed by atoms with Crippen LogP contribution in [0.25, 0.3) is 27.8 Å². The lowest BCUT2D eigenvalue weighted by atomic mass is 9.95. The van der Waals surface area contributed by atoms with Crippen LogP contribution in [0.1, 0.15) is 75.9 Å². The van der Waals surface area contributed by atoms with Gasteiger partial charge in [0.15, 0.2) is 0 Å². The zero-order valence-corrected chi connectivity index (χ0v) is 28.7. The van der Waals surface area contributed by atoms with Gasteiger partial charge < -0.3 is 9.30 Å². The Kier molecular flexibility index (Phi) is 11.7. The highest BCUT2D eigenvalue weighted by Gasteiger charge is 2.23. The number of nitrogens with zero attached hydrogens (tertiary/aromatic N) is 4. The minimum atomic E-state index is -2.34. The highest BCUT2D eigenvalue weighted by Crippen LogP contribution is 2.38. The fourth-order valence-electron chi connectivity index (χ4n) is 5.40. The Bertz CT molecular complexity index is 1680. The van der Waals surface area contributed by atoms with Crippen molar-refractivity contribution >= 4 is 23.3 Å². The highest BCUT2D eigenvalue weighted by atomic mass is 31.2. The van der Waals surface area contributed by atoms with Crippen LogP contribution in [0.2, 0.25) is 0 Å². The summed E-state index contributed by atoms with van der Waals surface area (Å²) >= 11 is 0. The van der Waals surface area contributed by atoms with Crippen molar-refractivity contribution in [3.05, 3.63) is 95.3 Å². The number of aryl methyl sites for hydroxylation is 1.